The summed E-state index contributed by atoms with van der Waals surface area (Å²) >= 11 is 5.94. The molecule has 1 unspecified atom stereocenters. The Bertz CT molecular complexity index is 1630. The third-order valence-electron chi connectivity index (χ3n) is 7.22. The lowest BCUT2D eigenvalue weighted by molar-refractivity contribution is -0.207. The van der Waals surface area contributed by atoms with Gasteiger partial charge in [0.2, 0.25) is 0 Å². The van der Waals surface area contributed by atoms with Crippen molar-refractivity contribution in [1.29, 1.82) is 0 Å². The smallest absolute Gasteiger partial charge is 0.382 e. The molecule has 11 nitrogen and oxygen atoms in total. The second-order valence-electron chi connectivity index (χ2n) is 10.1. The van der Waals surface area contributed by atoms with Gasteiger partial charge in [-0.15, -0.1) is 10.2 Å². The van der Waals surface area contributed by atoms with Crippen LogP contribution in [0, 0.1) is 0 Å². The molecule has 0 spiro atoms. The van der Waals surface area contributed by atoms with Gasteiger partial charge in [-0.1, -0.05) is 23.7 Å². The Kier molecular flexibility index (Phi) is 8.21. The third-order valence-corrected chi connectivity index (χ3v) is 7.47. The minimum atomic E-state index is -4.94. The topological polar surface area (TPSA) is 114 Å². The molecule has 1 fully saturated rings. The summed E-state index contributed by atoms with van der Waals surface area (Å²) in [5.41, 5.74) is 0.354. The van der Waals surface area contributed by atoms with E-state index in [1.165, 1.54) is 35.3 Å². The predicted molar refractivity (Wildman–Crippen MR) is 147 cm³/mol. The van der Waals surface area contributed by atoms with Crippen LogP contribution in [-0.2, 0) is 13.1 Å². The molecular formula is C27H28ClF3N8O3. The zero-order valence-electron chi connectivity index (χ0n) is 22.7. The molecule has 2 aromatic heterocycles. The molecule has 15 heteroatoms. The number of aromatic nitrogens is 6. The highest BCUT2D eigenvalue weighted by Gasteiger charge is 2.39. The standard InChI is InChI=1S/C27H28ClF3N8O3/c1-17-13-36(12-11-35(17)2)25(41)20-5-3-4-6-21(20)39-16-32-23(33-39)15-38-26(42)37(14-22(40)27(29,30)31)24(34-38)18-7-9-19(28)10-8-18/h3-10,16-17,22,40H,11-15H2,1-2H3/t17?,22-/m0/s1. The van der Waals surface area contributed by atoms with Crippen LogP contribution >= 0.6 is 11.6 Å². The first kappa shape index (κ1) is 29.5. The Morgan fingerprint density at radius 3 is 2.52 bits per heavy atom. The first-order valence-corrected chi connectivity index (χ1v) is 13.5. The number of amides is 1. The molecule has 1 aliphatic heterocycles. The molecule has 0 radical (unpaired) electrons. The number of hydrogen-bond acceptors (Lipinski definition) is 7. The molecular weight excluding hydrogens is 577 g/mol. The zero-order valence-corrected chi connectivity index (χ0v) is 23.5. The Labute approximate surface area is 243 Å². The van der Waals surface area contributed by atoms with Gasteiger partial charge in [0.15, 0.2) is 17.8 Å². The molecule has 3 heterocycles. The van der Waals surface area contributed by atoms with Crippen LogP contribution in [0.25, 0.3) is 17.1 Å². The van der Waals surface area contributed by atoms with Crippen LogP contribution < -0.4 is 5.69 Å². The number of nitrogens with zero attached hydrogens (tertiary/aromatic N) is 8. The number of alkyl halides is 3. The molecule has 1 saturated heterocycles. The van der Waals surface area contributed by atoms with Crippen molar-refractivity contribution in [3.8, 4) is 17.1 Å². The van der Waals surface area contributed by atoms with Gasteiger partial charge in [0.05, 0.1) is 17.8 Å². The van der Waals surface area contributed by atoms with Crippen molar-refractivity contribution in [3.63, 3.8) is 0 Å². The van der Waals surface area contributed by atoms with Crippen LogP contribution in [0.15, 0.2) is 59.7 Å². The van der Waals surface area contributed by atoms with Gasteiger partial charge in [-0.05, 0) is 50.4 Å². The number of hydrogen-bond donors (Lipinski definition) is 1. The highest BCUT2D eigenvalue weighted by molar-refractivity contribution is 6.30. The summed E-state index contributed by atoms with van der Waals surface area (Å²) in [7, 11) is 2.02. The monoisotopic (exact) mass is 604 g/mol. The summed E-state index contributed by atoms with van der Waals surface area (Å²) < 4.78 is 42.6. The molecule has 5 rings (SSSR count). The average Bonchev–Trinajstić information content (AvgIpc) is 3.54. The van der Waals surface area contributed by atoms with Gasteiger partial charge < -0.3 is 14.9 Å². The molecule has 0 bridgehead atoms. The number of halogens is 4. The first-order valence-electron chi connectivity index (χ1n) is 13.1. The van der Waals surface area contributed by atoms with E-state index in [1.54, 1.807) is 29.2 Å². The average molecular weight is 605 g/mol. The zero-order chi connectivity index (χ0) is 30.2. The summed E-state index contributed by atoms with van der Waals surface area (Å²) in [6, 6.07) is 13.2. The fourth-order valence-electron chi connectivity index (χ4n) is 4.67. The number of piperazine rings is 1. The van der Waals surface area contributed by atoms with Crippen molar-refractivity contribution in [1.82, 2.24) is 38.9 Å². The molecule has 2 atom stereocenters. The van der Waals surface area contributed by atoms with E-state index in [0.717, 1.165) is 15.8 Å². The maximum absolute atomic E-state index is 13.4. The van der Waals surface area contributed by atoms with E-state index in [-0.39, 0.29) is 30.1 Å². The van der Waals surface area contributed by atoms with Crippen LogP contribution in [-0.4, -0.2) is 94.9 Å². The van der Waals surface area contributed by atoms with Gasteiger partial charge in [0.25, 0.3) is 5.91 Å². The fourth-order valence-corrected chi connectivity index (χ4v) is 4.80. The Hall–Kier alpha value is -4.01. The molecule has 1 aliphatic rings. The van der Waals surface area contributed by atoms with Crippen LogP contribution in [0.5, 0.6) is 0 Å². The predicted octanol–water partition coefficient (Wildman–Crippen LogP) is 2.69. The summed E-state index contributed by atoms with van der Waals surface area (Å²) in [5.74, 6) is -0.0959. The number of rotatable bonds is 7. The second-order valence-corrected chi connectivity index (χ2v) is 10.6. The fraction of sp³-hybridized carbons (Fsp3) is 0.370. The van der Waals surface area contributed by atoms with Crippen molar-refractivity contribution >= 4 is 17.5 Å². The van der Waals surface area contributed by atoms with Crippen molar-refractivity contribution in [3.05, 3.63) is 81.8 Å². The number of benzene rings is 2. The van der Waals surface area contributed by atoms with Gasteiger partial charge in [0.1, 0.15) is 12.9 Å². The van der Waals surface area contributed by atoms with Crippen LogP contribution in [0.3, 0.4) is 0 Å². The van der Waals surface area contributed by atoms with E-state index >= 15 is 0 Å². The van der Waals surface area contributed by atoms with E-state index in [0.29, 0.717) is 34.9 Å². The van der Waals surface area contributed by atoms with Gasteiger partial charge in [-0.2, -0.15) is 13.2 Å². The normalized spacial score (nSPS) is 17.0. The highest BCUT2D eigenvalue weighted by Crippen LogP contribution is 2.24. The molecule has 0 aliphatic carbocycles. The number of likely N-dealkylation sites (N-methyl/N-ethyl adjacent to an activating group) is 1. The molecule has 1 amide bonds. The lowest BCUT2D eigenvalue weighted by Gasteiger charge is -2.37. The maximum atomic E-state index is 13.4. The highest BCUT2D eigenvalue weighted by atomic mass is 35.5. The van der Waals surface area contributed by atoms with Crippen molar-refractivity contribution in [2.75, 3.05) is 26.7 Å². The maximum Gasteiger partial charge on any atom is 0.416 e. The molecule has 4 aromatic rings. The van der Waals surface area contributed by atoms with E-state index in [2.05, 4.69) is 27.0 Å². The Morgan fingerprint density at radius 2 is 1.83 bits per heavy atom. The van der Waals surface area contributed by atoms with Crippen molar-refractivity contribution in [2.24, 2.45) is 0 Å². The van der Waals surface area contributed by atoms with Crippen LogP contribution in [0.4, 0.5) is 13.2 Å². The minimum Gasteiger partial charge on any atom is -0.382 e. The second kappa shape index (κ2) is 11.7. The Morgan fingerprint density at radius 1 is 1.12 bits per heavy atom. The quantitative estimate of drug-likeness (QED) is 0.345. The first-order chi connectivity index (χ1) is 19.9. The number of para-hydroxylation sites is 1. The molecule has 1 N–H and O–H groups in total. The van der Waals surface area contributed by atoms with E-state index in [9.17, 15) is 27.9 Å². The SMILES string of the molecule is CC1CN(C(=O)c2ccccc2-n2cnc(Cn3nc(-c4ccc(Cl)cc4)n(C[C@H](O)C(F)(F)F)c3=O)n2)CCN1C. The number of carbonyl (C=O) groups is 1. The minimum absolute atomic E-state index is 0.0863. The molecule has 222 valence electrons. The summed E-state index contributed by atoms with van der Waals surface area (Å²) in [6.07, 6.45) is -6.33. The van der Waals surface area contributed by atoms with Gasteiger partial charge in [-0.25, -0.2) is 19.1 Å². The largest absolute Gasteiger partial charge is 0.416 e. The number of aliphatic hydroxyl groups excluding tert-OH is 1. The van der Waals surface area contributed by atoms with Gasteiger partial charge >= 0.3 is 11.9 Å². The van der Waals surface area contributed by atoms with Crippen LogP contribution in [0.1, 0.15) is 23.1 Å². The summed E-state index contributed by atoms with van der Waals surface area (Å²) in [6.45, 7) is 2.65. The number of aliphatic hydroxyl groups is 1. The third kappa shape index (κ3) is 6.10. The van der Waals surface area contributed by atoms with Gasteiger partial charge in [0, 0.05) is 36.3 Å². The Balaban J connectivity index is 1.44. The summed E-state index contributed by atoms with van der Waals surface area (Å²) in [4.78, 5) is 34.8. The molecule has 42 heavy (non-hydrogen) atoms. The van der Waals surface area contributed by atoms with Crippen molar-refractivity contribution < 1.29 is 23.1 Å². The lowest BCUT2D eigenvalue weighted by Crippen LogP contribution is -2.52. The van der Waals surface area contributed by atoms with Crippen molar-refractivity contribution in [2.45, 2.75) is 38.3 Å². The van der Waals surface area contributed by atoms with E-state index in [4.69, 9.17) is 11.6 Å². The number of carbonyl (C=O) groups excluding carboxylic acids is 1. The summed E-state index contributed by atoms with van der Waals surface area (Å²) in [5, 5.41) is 18.7. The molecule has 2 aromatic carbocycles. The lowest BCUT2D eigenvalue weighted by atomic mass is 10.1. The van der Waals surface area contributed by atoms with E-state index < -0.39 is 24.5 Å². The van der Waals surface area contributed by atoms with Crippen LogP contribution in [0.2, 0.25) is 5.02 Å². The molecule has 0 saturated carbocycles. The van der Waals surface area contributed by atoms with E-state index in [1.807, 2.05) is 7.05 Å². The van der Waals surface area contributed by atoms with Gasteiger partial charge in [-0.3, -0.25) is 9.36 Å².